The lowest BCUT2D eigenvalue weighted by Crippen LogP contribution is -2.04. The number of aryl methyl sites for hydroxylation is 1. The molecule has 0 bridgehead atoms. The highest BCUT2D eigenvalue weighted by Crippen LogP contribution is 2.25. The average molecular weight is 382 g/mol. The molecule has 1 heterocycles. The van der Waals surface area contributed by atoms with E-state index < -0.39 is 0 Å². The van der Waals surface area contributed by atoms with Crippen LogP contribution in [-0.2, 0) is 6.54 Å². The molecule has 0 saturated heterocycles. The highest BCUT2D eigenvalue weighted by atomic mass is 32.2. The summed E-state index contributed by atoms with van der Waals surface area (Å²) < 4.78 is 13.0. The Bertz CT molecular complexity index is 873. The second-order valence-corrected chi connectivity index (χ2v) is 7.01. The van der Waals surface area contributed by atoms with Gasteiger partial charge in [-0.25, -0.2) is 0 Å². The van der Waals surface area contributed by atoms with Crippen LogP contribution in [0.25, 0.3) is 11.4 Å². The van der Waals surface area contributed by atoms with Crippen molar-refractivity contribution < 1.29 is 9.47 Å². The first-order valence-electron chi connectivity index (χ1n) is 8.72. The third-order valence-corrected chi connectivity index (χ3v) is 4.91. The van der Waals surface area contributed by atoms with Gasteiger partial charge in [-0.15, -0.1) is 16.8 Å². The molecule has 3 aromatic rings. The summed E-state index contributed by atoms with van der Waals surface area (Å²) in [7, 11) is 1.65. The molecule has 1 aromatic heterocycles. The summed E-state index contributed by atoms with van der Waals surface area (Å²) in [5.41, 5.74) is 2.27. The minimum Gasteiger partial charge on any atom is -0.497 e. The number of benzene rings is 2. The molecule has 0 aliphatic heterocycles. The third kappa shape index (κ3) is 4.92. The van der Waals surface area contributed by atoms with Crippen LogP contribution in [0, 0.1) is 6.92 Å². The van der Waals surface area contributed by atoms with Gasteiger partial charge in [0.1, 0.15) is 11.5 Å². The van der Waals surface area contributed by atoms with Crippen LogP contribution in [0.1, 0.15) is 5.56 Å². The van der Waals surface area contributed by atoms with E-state index in [1.54, 1.807) is 18.9 Å². The van der Waals surface area contributed by atoms with Crippen LogP contribution in [0.4, 0.5) is 0 Å². The molecule has 0 amide bonds. The smallest absolute Gasteiger partial charge is 0.191 e. The fraction of sp³-hybridized carbons (Fsp3) is 0.238. The molecule has 27 heavy (non-hydrogen) atoms. The average Bonchev–Trinajstić information content (AvgIpc) is 3.09. The molecular formula is C21H23N3O2S. The largest absolute Gasteiger partial charge is 0.497 e. The van der Waals surface area contributed by atoms with Gasteiger partial charge in [0.15, 0.2) is 11.0 Å². The fourth-order valence-electron chi connectivity index (χ4n) is 2.57. The quantitative estimate of drug-likeness (QED) is 0.307. The lowest BCUT2D eigenvalue weighted by Gasteiger charge is -2.09. The lowest BCUT2D eigenvalue weighted by atomic mass is 10.1. The first-order chi connectivity index (χ1) is 13.2. The van der Waals surface area contributed by atoms with E-state index in [1.807, 2.05) is 30.3 Å². The lowest BCUT2D eigenvalue weighted by molar-refractivity contribution is 0.342. The second kappa shape index (κ2) is 9.28. The number of hydrogen-bond donors (Lipinski definition) is 0. The van der Waals surface area contributed by atoms with Crippen molar-refractivity contribution in [1.29, 1.82) is 0 Å². The molecule has 0 fully saturated rings. The molecule has 0 unspecified atom stereocenters. The molecule has 2 aromatic carbocycles. The van der Waals surface area contributed by atoms with Crippen molar-refractivity contribution in [2.75, 3.05) is 19.5 Å². The van der Waals surface area contributed by atoms with Gasteiger partial charge in [-0.05, 0) is 31.2 Å². The zero-order valence-electron chi connectivity index (χ0n) is 15.6. The van der Waals surface area contributed by atoms with Crippen LogP contribution in [0.15, 0.2) is 66.3 Å². The summed E-state index contributed by atoms with van der Waals surface area (Å²) in [6.07, 6.45) is 1.86. The zero-order valence-corrected chi connectivity index (χ0v) is 16.4. The van der Waals surface area contributed by atoms with Crippen molar-refractivity contribution in [3.63, 3.8) is 0 Å². The van der Waals surface area contributed by atoms with Crippen LogP contribution < -0.4 is 9.47 Å². The van der Waals surface area contributed by atoms with Gasteiger partial charge in [-0.3, -0.25) is 4.57 Å². The molecule has 0 spiro atoms. The van der Waals surface area contributed by atoms with Crippen LogP contribution in [0.3, 0.4) is 0 Å². The zero-order chi connectivity index (χ0) is 19.1. The van der Waals surface area contributed by atoms with E-state index in [9.17, 15) is 0 Å². The Kier molecular flexibility index (Phi) is 6.54. The van der Waals surface area contributed by atoms with Crippen molar-refractivity contribution in [3.05, 3.63) is 66.7 Å². The summed E-state index contributed by atoms with van der Waals surface area (Å²) in [6, 6.07) is 15.9. The number of hydrogen-bond acceptors (Lipinski definition) is 5. The van der Waals surface area contributed by atoms with E-state index in [0.29, 0.717) is 13.2 Å². The molecule has 0 N–H and O–H groups in total. The van der Waals surface area contributed by atoms with E-state index in [1.165, 1.54) is 5.56 Å². The van der Waals surface area contributed by atoms with E-state index in [0.717, 1.165) is 33.8 Å². The van der Waals surface area contributed by atoms with Gasteiger partial charge in [-0.2, -0.15) is 0 Å². The molecule has 0 aliphatic carbocycles. The maximum absolute atomic E-state index is 5.78. The van der Waals surface area contributed by atoms with Crippen LogP contribution in [0.2, 0.25) is 0 Å². The molecule has 6 heteroatoms. The predicted molar refractivity (Wildman–Crippen MR) is 110 cm³/mol. The first-order valence-corrected chi connectivity index (χ1v) is 9.70. The Morgan fingerprint density at radius 1 is 1.04 bits per heavy atom. The normalized spacial score (nSPS) is 10.6. The monoisotopic (exact) mass is 381 g/mol. The maximum Gasteiger partial charge on any atom is 0.191 e. The van der Waals surface area contributed by atoms with Crippen molar-refractivity contribution in [1.82, 2.24) is 14.8 Å². The molecule has 0 atom stereocenters. The molecule has 3 rings (SSSR count). The van der Waals surface area contributed by atoms with Crippen molar-refractivity contribution in [3.8, 4) is 22.9 Å². The van der Waals surface area contributed by atoms with Gasteiger partial charge in [0, 0.05) is 17.9 Å². The summed E-state index contributed by atoms with van der Waals surface area (Å²) >= 11 is 1.62. The van der Waals surface area contributed by atoms with Gasteiger partial charge in [0.05, 0.1) is 13.7 Å². The number of aromatic nitrogens is 3. The Morgan fingerprint density at radius 2 is 1.74 bits per heavy atom. The van der Waals surface area contributed by atoms with Gasteiger partial charge in [0.2, 0.25) is 0 Å². The van der Waals surface area contributed by atoms with E-state index in [4.69, 9.17) is 9.47 Å². The maximum atomic E-state index is 5.78. The van der Waals surface area contributed by atoms with Crippen LogP contribution >= 0.6 is 11.8 Å². The van der Waals surface area contributed by atoms with Gasteiger partial charge >= 0.3 is 0 Å². The van der Waals surface area contributed by atoms with E-state index in [-0.39, 0.29) is 0 Å². The number of ether oxygens (including phenoxy) is 2. The SMILES string of the molecule is C=CCn1c(SCCOc2ccc(OC)cc2)nnc1-c1ccc(C)cc1. The number of rotatable bonds is 9. The van der Waals surface area contributed by atoms with Crippen LogP contribution in [-0.4, -0.2) is 34.2 Å². The Balaban J connectivity index is 1.62. The Labute approximate surface area is 164 Å². The molecule has 140 valence electrons. The fourth-order valence-corrected chi connectivity index (χ4v) is 3.33. The van der Waals surface area contributed by atoms with E-state index >= 15 is 0 Å². The topological polar surface area (TPSA) is 49.2 Å². The van der Waals surface area contributed by atoms with E-state index in [2.05, 4.69) is 52.5 Å². The predicted octanol–water partition coefficient (Wildman–Crippen LogP) is 4.62. The third-order valence-electron chi connectivity index (χ3n) is 3.98. The van der Waals surface area contributed by atoms with Crippen molar-refractivity contribution >= 4 is 11.8 Å². The first kappa shape index (κ1) is 19.0. The van der Waals surface area contributed by atoms with Crippen molar-refractivity contribution in [2.24, 2.45) is 0 Å². The summed E-state index contributed by atoms with van der Waals surface area (Å²) in [4.78, 5) is 0. The second-order valence-electron chi connectivity index (χ2n) is 5.94. The highest BCUT2D eigenvalue weighted by molar-refractivity contribution is 7.99. The van der Waals surface area contributed by atoms with Gasteiger partial charge in [-0.1, -0.05) is 47.7 Å². The number of thioether (sulfide) groups is 1. The van der Waals surface area contributed by atoms with Gasteiger partial charge in [0.25, 0.3) is 0 Å². The highest BCUT2D eigenvalue weighted by Gasteiger charge is 2.13. The standard InChI is InChI=1S/C21H23N3O2S/c1-4-13-24-20(17-7-5-16(2)6-8-17)22-23-21(24)27-15-14-26-19-11-9-18(25-3)10-12-19/h4-12H,1,13-15H2,2-3H3. The van der Waals surface area contributed by atoms with Gasteiger partial charge < -0.3 is 9.47 Å². The van der Waals surface area contributed by atoms with Crippen LogP contribution in [0.5, 0.6) is 11.5 Å². The molecular weight excluding hydrogens is 358 g/mol. The van der Waals surface area contributed by atoms with Crippen molar-refractivity contribution in [2.45, 2.75) is 18.6 Å². The number of nitrogens with zero attached hydrogens (tertiary/aromatic N) is 3. The Morgan fingerprint density at radius 3 is 2.41 bits per heavy atom. The molecule has 0 saturated carbocycles. The number of allylic oxidation sites excluding steroid dienone is 1. The summed E-state index contributed by atoms with van der Waals surface area (Å²) in [5.74, 6) is 3.27. The Hall–Kier alpha value is -2.73. The summed E-state index contributed by atoms with van der Waals surface area (Å²) in [5, 5.41) is 9.60. The minimum atomic E-state index is 0.581. The summed E-state index contributed by atoms with van der Waals surface area (Å²) in [6.45, 7) is 7.17. The minimum absolute atomic E-state index is 0.581. The number of methoxy groups -OCH3 is 1. The molecule has 0 radical (unpaired) electrons. The molecule has 5 nitrogen and oxygen atoms in total. The molecule has 0 aliphatic rings.